The molecule has 0 saturated heterocycles. The summed E-state index contributed by atoms with van der Waals surface area (Å²) in [6.45, 7) is 2.39. The van der Waals surface area contributed by atoms with E-state index < -0.39 is 0 Å². The van der Waals surface area contributed by atoms with E-state index in [2.05, 4.69) is 34.9 Å². The number of hydrogen-bond donors (Lipinski definition) is 2. The van der Waals surface area contributed by atoms with Crippen LogP contribution < -0.4 is 10.6 Å². The van der Waals surface area contributed by atoms with E-state index in [1.165, 1.54) is 11.8 Å². The van der Waals surface area contributed by atoms with Gasteiger partial charge in [-0.15, -0.1) is 0 Å². The monoisotopic (exact) mass is 376 g/mol. The second kappa shape index (κ2) is 9.55. The Morgan fingerprint density at radius 1 is 0.929 bits per heavy atom. The molecule has 5 heteroatoms. The molecule has 1 aromatic heterocycles. The predicted molar refractivity (Wildman–Crippen MR) is 109 cm³/mol. The van der Waals surface area contributed by atoms with E-state index in [0.29, 0.717) is 19.4 Å². The maximum absolute atomic E-state index is 12.1. The van der Waals surface area contributed by atoms with Gasteiger partial charge in [-0.2, -0.15) is 0 Å². The quantitative estimate of drug-likeness (QED) is 0.575. The molecule has 0 fully saturated rings. The summed E-state index contributed by atoms with van der Waals surface area (Å²) in [5, 5.41) is 5.74. The molecule has 2 amide bonds. The largest absolute Gasteiger partial charge is 0.459 e. The second-order valence-corrected chi connectivity index (χ2v) is 6.61. The molecule has 0 radical (unpaired) electrons. The first-order chi connectivity index (χ1) is 13.6. The Balaban J connectivity index is 1.42. The molecule has 0 aliphatic heterocycles. The summed E-state index contributed by atoms with van der Waals surface area (Å²) in [6.07, 6.45) is 2.37. The van der Waals surface area contributed by atoms with E-state index in [1.54, 1.807) is 12.1 Å². The van der Waals surface area contributed by atoms with E-state index in [-0.39, 0.29) is 23.6 Å². The van der Waals surface area contributed by atoms with Gasteiger partial charge in [-0.3, -0.25) is 9.59 Å². The average Bonchev–Trinajstić information content (AvgIpc) is 3.27. The van der Waals surface area contributed by atoms with Crippen molar-refractivity contribution >= 4 is 11.8 Å². The minimum atomic E-state index is -0.266. The summed E-state index contributed by atoms with van der Waals surface area (Å²) in [5.74, 6) is -0.0267. The molecule has 2 N–H and O–H groups in total. The smallest absolute Gasteiger partial charge is 0.286 e. The molecular formula is C23H24N2O3. The number of nitrogens with one attached hydrogen (secondary N) is 2. The first-order valence-electron chi connectivity index (χ1n) is 9.40. The minimum absolute atomic E-state index is 0.0353. The van der Waals surface area contributed by atoms with Crippen LogP contribution in [0.5, 0.6) is 0 Å². The van der Waals surface area contributed by atoms with Crippen molar-refractivity contribution in [3.63, 3.8) is 0 Å². The van der Waals surface area contributed by atoms with E-state index >= 15 is 0 Å². The Morgan fingerprint density at radius 3 is 2.32 bits per heavy atom. The van der Waals surface area contributed by atoms with Crippen molar-refractivity contribution in [2.24, 2.45) is 0 Å². The number of furan rings is 1. The van der Waals surface area contributed by atoms with Gasteiger partial charge in [-0.25, -0.2) is 0 Å². The van der Waals surface area contributed by atoms with Gasteiger partial charge in [0.25, 0.3) is 5.91 Å². The first-order valence-corrected chi connectivity index (χ1v) is 9.40. The third kappa shape index (κ3) is 5.33. The van der Waals surface area contributed by atoms with Crippen LogP contribution in [0.1, 0.15) is 41.9 Å². The summed E-state index contributed by atoms with van der Waals surface area (Å²) in [7, 11) is 0. The Hall–Kier alpha value is -3.34. The molecule has 1 unspecified atom stereocenters. The maximum Gasteiger partial charge on any atom is 0.286 e. The summed E-state index contributed by atoms with van der Waals surface area (Å²) in [4.78, 5) is 23.9. The Morgan fingerprint density at radius 2 is 1.64 bits per heavy atom. The SMILES string of the molecule is CC(NC(=O)CCCNC(=O)c1ccco1)c1ccc(-c2ccccc2)cc1. The van der Waals surface area contributed by atoms with Crippen molar-refractivity contribution < 1.29 is 14.0 Å². The molecule has 28 heavy (non-hydrogen) atoms. The average molecular weight is 376 g/mol. The molecule has 0 aliphatic carbocycles. The van der Waals surface area contributed by atoms with Crippen LogP contribution in [0.4, 0.5) is 0 Å². The molecule has 1 atom stereocenters. The maximum atomic E-state index is 12.1. The zero-order chi connectivity index (χ0) is 19.8. The molecule has 0 spiro atoms. The molecule has 5 nitrogen and oxygen atoms in total. The lowest BCUT2D eigenvalue weighted by Gasteiger charge is -2.15. The molecular weight excluding hydrogens is 352 g/mol. The zero-order valence-electron chi connectivity index (χ0n) is 15.9. The van der Waals surface area contributed by atoms with Gasteiger partial charge < -0.3 is 15.1 Å². The third-order valence-electron chi connectivity index (χ3n) is 4.51. The van der Waals surface area contributed by atoms with E-state index in [9.17, 15) is 9.59 Å². The number of benzene rings is 2. The Kier molecular flexibility index (Phi) is 6.63. The molecule has 2 aromatic carbocycles. The van der Waals surface area contributed by atoms with Crippen molar-refractivity contribution in [2.75, 3.05) is 6.54 Å². The number of amides is 2. The summed E-state index contributed by atoms with van der Waals surface area (Å²) < 4.78 is 5.02. The van der Waals surface area contributed by atoms with Gasteiger partial charge in [0.15, 0.2) is 5.76 Å². The van der Waals surface area contributed by atoms with Crippen molar-refractivity contribution in [3.05, 3.63) is 84.3 Å². The van der Waals surface area contributed by atoms with Gasteiger partial charge in [-0.05, 0) is 42.2 Å². The van der Waals surface area contributed by atoms with Gasteiger partial charge in [0.2, 0.25) is 5.91 Å². The standard InChI is InChI=1S/C23H24N2O3/c1-17(18-11-13-20(14-12-18)19-7-3-2-4-8-19)25-22(26)10-5-15-24-23(27)21-9-6-16-28-21/h2-4,6-9,11-14,16-17H,5,10,15H2,1H3,(H,24,27)(H,25,26). The van der Waals surface area contributed by atoms with Crippen LogP contribution in [0.25, 0.3) is 11.1 Å². The van der Waals surface area contributed by atoms with Gasteiger partial charge >= 0.3 is 0 Å². The molecule has 0 bridgehead atoms. The van der Waals surface area contributed by atoms with Crippen LogP contribution in [0, 0.1) is 0 Å². The first kappa shape index (κ1) is 19.4. The normalized spacial score (nSPS) is 11.6. The zero-order valence-corrected chi connectivity index (χ0v) is 15.9. The minimum Gasteiger partial charge on any atom is -0.459 e. The molecule has 3 rings (SSSR count). The highest BCUT2D eigenvalue weighted by molar-refractivity contribution is 5.91. The number of carbonyl (C=O) groups is 2. The summed E-state index contributed by atoms with van der Waals surface area (Å²) in [5.41, 5.74) is 3.37. The Bertz CT molecular complexity index is 887. The number of carbonyl (C=O) groups excluding carboxylic acids is 2. The lowest BCUT2D eigenvalue weighted by Crippen LogP contribution is -2.28. The van der Waals surface area contributed by atoms with Gasteiger partial charge in [-0.1, -0.05) is 54.6 Å². The highest BCUT2D eigenvalue weighted by Gasteiger charge is 2.11. The van der Waals surface area contributed by atoms with Crippen molar-refractivity contribution in [1.82, 2.24) is 10.6 Å². The number of rotatable bonds is 8. The number of hydrogen-bond acceptors (Lipinski definition) is 3. The van der Waals surface area contributed by atoms with Crippen LogP contribution in [-0.4, -0.2) is 18.4 Å². The molecule has 0 saturated carbocycles. The summed E-state index contributed by atoms with van der Waals surface area (Å²) in [6, 6.07) is 21.6. The van der Waals surface area contributed by atoms with Crippen LogP contribution in [0.15, 0.2) is 77.4 Å². The van der Waals surface area contributed by atoms with Gasteiger partial charge in [0.1, 0.15) is 0 Å². The Labute approximate surface area is 164 Å². The van der Waals surface area contributed by atoms with Crippen LogP contribution in [0.2, 0.25) is 0 Å². The van der Waals surface area contributed by atoms with Crippen LogP contribution >= 0.6 is 0 Å². The van der Waals surface area contributed by atoms with E-state index in [0.717, 1.165) is 11.1 Å². The van der Waals surface area contributed by atoms with Crippen LogP contribution in [0.3, 0.4) is 0 Å². The van der Waals surface area contributed by atoms with Crippen LogP contribution in [-0.2, 0) is 4.79 Å². The summed E-state index contributed by atoms with van der Waals surface area (Å²) >= 11 is 0. The van der Waals surface area contributed by atoms with E-state index in [4.69, 9.17) is 4.42 Å². The predicted octanol–water partition coefficient (Wildman–Crippen LogP) is 4.33. The lowest BCUT2D eigenvalue weighted by atomic mass is 10.0. The molecule has 3 aromatic rings. The van der Waals surface area contributed by atoms with Crippen molar-refractivity contribution in [3.8, 4) is 11.1 Å². The topological polar surface area (TPSA) is 71.3 Å². The molecule has 0 aliphatic rings. The van der Waals surface area contributed by atoms with Crippen molar-refractivity contribution in [2.45, 2.75) is 25.8 Å². The van der Waals surface area contributed by atoms with Crippen molar-refractivity contribution in [1.29, 1.82) is 0 Å². The highest BCUT2D eigenvalue weighted by Crippen LogP contribution is 2.21. The third-order valence-corrected chi connectivity index (χ3v) is 4.51. The van der Waals surface area contributed by atoms with Gasteiger partial charge in [0.05, 0.1) is 12.3 Å². The fraction of sp³-hybridized carbons (Fsp3) is 0.217. The highest BCUT2D eigenvalue weighted by atomic mass is 16.3. The van der Waals surface area contributed by atoms with Gasteiger partial charge in [0, 0.05) is 13.0 Å². The lowest BCUT2D eigenvalue weighted by molar-refractivity contribution is -0.121. The fourth-order valence-electron chi connectivity index (χ4n) is 2.94. The second-order valence-electron chi connectivity index (χ2n) is 6.61. The van der Waals surface area contributed by atoms with E-state index in [1.807, 2.05) is 37.3 Å². The fourth-order valence-corrected chi connectivity index (χ4v) is 2.94. The molecule has 1 heterocycles. The molecule has 144 valence electrons.